The number of carbonyl (C=O) groups excluding carboxylic acids is 2. The molecule has 0 radical (unpaired) electrons. The first-order valence-corrected chi connectivity index (χ1v) is 9.03. The molecule has 5 nitrogen and oxygen atoms in total. The number of amides is 3. The fraction of sp³-hybridized carbons (Fsp3) is 0.333. The summed E-state index contributed by atoms with van der Waals surface area (Å²) in [6.07, 6.45) is 0.816. The van der Waals surface area contributed by atoms with Crippen LogP contribution in [0.15, 0.2) is 60.7 Å². The summed E-state index contributed by atoms with van der Waals surface area (Å²) in [6, 6.07) is 19.8. The smallest absolute Gasteiger partial charge is 0.321 e. The van der Waals surface area contributed by atoms with Crippen molar-refractivity contribution in [1.29, 1.82) is 0 Å². The van der Waals surface area contributed by atoms with Crippen LogP contribution in [0.25, 0.3) is 0 Å². The van der Waals surface area contributed by atoms with Crippen LogP contribution in [-0.4, -0.2) is 31.6 Å². The first kappa shape index (κ1) is 19.7. The van der Waals surface area contributed by atoms with E-state index in [1.54, 1.807) is 0 Å². The Balaban J connectivity index is 2.09. The number of hydrogen-bond acceptors (Lipinski definition) is 2. The van der Waals surface area contributed by atoms with Gasteiger partial charge < -0.3 is 10.2 Å². The van der Waals surface area contributed by atoms with E-state index in [1.165, 1.54) is 0 Å². The summed E-state index contributed by atoms with van der Waals surface area (Å²) in [7, 11) is 1.97. The number of likely N-dealkylation sites (N-methyl/N-ethyl adjacent to an activating group) is 1. The van der Waals surface area contributed by atoms with E-state index in [1.807, 2.05) is 57.3 Å². The molecule has 138 valence electrons. The van der Waals surface area contributed by atoms with Crippen LogP contribution < -0.4 is 15.5 Å². The van der Waals surface area contributed by atoms with Crippen molar-refractivity contribution in [2.24, 2.45) is 0 Å². The largest absolute Gasteiger partial charge is 0.335 e. The van der Waals surface area contributed by atoms with Crippen LogP contribution in [0.4, 0.5) is 4.79 Å². The molecule has 26 heavy (non-hydrogen) atoms. The molecule has 0 saturated heterocycles. The van der Waals surface area contributed by atoms with E-state index in [4.69, 9.17) is 0 Å². The minimum atomic E-state index is -0.437. The van der Waals surface area contributed by atoms with Gasteiger partial charge in [0.25, 0.3) is 5.91 Å². The zero-order chi connectivity index (χ0) is 18.9. The van der Waals surface area contributed by atoms with Crippen LogP contribution >= 0.6 is 0 Å². The number of quaternary nitrogens is 1. The first-order chi connectivity index (χ1) is 12.5. The average Bonchev–Trinajstić information content (AvgIpc) is 2.63. The van der Waals surface area contributed by atoms with Gasteiger partial charge in [-0.15, -0.1) is 0 Å². The number of hydrogen-bond donors (Lipinski definition) is 3. The molecule has 0 aliphatic heterocycles. The predicted octanol–water partition coefficient (Wildman–Crippen LogP) is 1.92. The molecular weight excluding hydrogens is 326 g/mol. The van der Waals surface area contributed by atoms with Crippen molar-refractivity contribution in [3.05, 3.63) is 71.8 Å². The monoisotopic (exact) mass is 354 g/mol. The highest BCUT2D eigenvalue weighted by atomic mass is 16.2. The second-order valence-electron chi connectivity index (χ2n) is 6.61. The van der Waals surface area contributed by atoms with E-state index in [2.05, 4.69) is 34.9 Å². The van der Waals surface area contributed by atoms with Crippen molar-refractivity contribution in [2.75, 3.05) is 13.6 Å². The number of carbonyl (C=O) groups is 2. The molecule has 5 heteroatoms. The van der Waals surface area contributed by atoms with Gasteiger partial charge in [-0.25, -0.2) is 4.79 Å². The highest BCUT2D eigenvalue weighted by Gasteiger charge is 2.25. The van der Waals surface area contributed by atoms with Crippen LogP contribution in [0, 0.1) is 0 Å². The maximum atomic E-state index is 12.3. The van der Waals surface area contributed by atoms with E-state index < -0.39 is 6.03 Å². The van der Waals surface area contributed by atoms with E-state index in [9.17, 15) is 9.59 Å². The highest BCUT2D eigenvalue weighted by molar-refractivity contribution is 5.94. The third-order valence-electron chi connectivity index (χ3n) is 4.44. The van der Waals surface area contributed by atoms with Crippen LogP contribution in [0.2, 0.25) is 0 Å². The van der Waals surface area contributed by atoms with E-state index in [0.717, 1.165) is 22.4 Å². The standard InChI is InChI=1S/C21H27N3O2/c1-4-16(2)22-21(26)23-19(25)15-24(3)20(17-11-7-5-8-12-17)18-13-9-6-10-14-18/h5-14,16,20H,4,15H2,1-3H3,(H2,22,23,25,26)/p+1/t16-/m1/s1. The topological polar surface area (TPSA) is 62.6 Å². The fourth-order valence-electron chi connectivity index (χ4n) is 2.94. The average molecular weight is 354 g/mol. The van der Waals surface area contributed by atoms with Gasteiger partial charge in [-0.2, -0.15) is 0 Å². The first-order valence-electron chi connectivity index (χ1n) is 9.03. The summed E-state index contributed by atoms with van der Waals surface area (Å²) in [5.74, 6) is -0.292. The second kappa shape index (κ2) is 9.73. The highest BCUT2D eigenvalue weighted by Crippen LogP contribution is 2.18. The molecule has 3 N–H and O–H groups in total. The molecule has 0 saturated carbocycles. The lowest BCUT2D eigenvalue weighted by molar-refractivity contribution is -0.898. The van der Waals surface area contributed by atoms with Crippen LogP contribution in [0.3, 0.4) is 0 Å². The molecule has 0 spiro atoms. The summed E-state index contributed by atoms with van der Waals surface area (Å²) in [6.45, 7) is 4.08. The van der Waals surface area contributed by atoms with Gasteiger partial charge in [-0.05, 0) is 13.3 Å². The lowest BCUT2D eigenvalue weighted by atomic mass is 9.97. The number of nitrogens with one attached hydrogen (secondary N) is 3. The van der Waals surface area contributed by atoms with Crippen molar-refractivity contribution in [3.63, 3.8) is 0 Å². The van der Waals surface area contributed by atoms with Crippen molar-refractivity contribution < 1.29 is 14.5 Å². The van der Waals surface area contributed by atoms with Crippen molar-refractivity contribution >= 4 is 11.9 Å². The van der Waals surface area contributed by atoms with Gasteiger partial charge >= 0.3 is 6.03 Å². The Bertz CT molecular complexity index is 664. The van der Waals surface area contributed by atoms with Crippen LogP contribution in [0.1, 0.15) is 37.4 Å². The van der Waals surface area contributed by atoms with E-state index >= 15 is 0 Å². The Labute approximate surface area is 155 Å². The Morgan fingerprint density at radius 2 is 1.46 bits per heavy atom. The summed E-state index contributed by atoms with van der Waals surface area (Å²) < 4.78 is 0. The molecule has 0 aliphatic rings. The van der Waals surface area contributed by atoms with Crippen LogP contribution in [0.5, 0.6) is 0 Å². The molecule has 2 rings (SSSR count). The van der Waals surface area contributed by atoms with Gasteiger partial charge in [0.2, 0.25) is 0 Å². The minimum Gasteiger partial charge on any atom is -0.335 e. The lowest BCUT2D eigenvalue weighted by Gasteiger charge is -2.25. The molecule has 0 aliphatic carbocycles. The second-order valence-corrected chi connectivity index (χ2v) is 6.61. The summed E-state index contributed by atoms with van der Waals surface area (Å²) >= 11 is 0. The zero-order valence-corrected chi connectivity index (χ0v) is 15.7. The Hall–Kier alpha value is -2.66. The maximum absolute atomic E-state index is 12.3. The van der Waals surface area contributed by atoms with Gasteiger partial charge in [0.15, 0.2) is 6.54 Å². The van der Waals surface area contributed by atoms with E-state index in [0.29, 0.717) is 0 Å². The molecule has 2 aromatic rings. The number of urea groups is 1. The van der Waals surface area contributed by atoms with Gasteiger partial charge in [-0.1, -0.05) is 67.6 Å². The molecule has 2 aromatic carbocycles. The predicted molar refractivity (Wildman–Crippen MR) is 103 cm³/mol. The molecule has 0 bridgehead atoms. The third-order valence-corrected chi connectivity index (χ3v) is 4.44. The zero-order valence-electron chi connectivity index (χ0n) is 15.7. The number of imide groups is 1. The summed E-state index contributed by atoms with van der Waals surface area (Å²) in [5, 5.41) is 5.17. The summed E-state index contributed by atoms with van der Waals surface area (Å²) in [4.78, 5) is 25.2. The Morgan fingerprint density at radius 1 is 0.962 bits per heavy atom. The quantitative estimate of drug-likeness (QED) is 0.711. The maximum Gasteiger partial charge on any atom is 0.321 e. The van der Waals surface area contributed by atoms with Crippen molar-refractivity contribution in [3.8, 4) is 0 Å². The Kier molecular flexibility index (Phi) is 7.36. The van der Waals surface area contributed by atoms with Crippen molar-refractivity contribution in [1.82, 2.24) is 10.6 Å². The molecule has 2 atom stereocenters. The molecule has 1 unspecified atom stereocenters. The Morgan fingerprint density at radius 3 is 1.92 bits per heavy atom. The van der Waals surface area contributed by atoms with Gasteiger partial charge in [0.05, 0.1) is 7.05 Å². The summed E-state index contributed by atoms with van der Waals surface area (Å²) in [5.41, 5.74) is 2.26. The van der Waals surface area contributed by atoms with Gasteiger partial charge in [0, 0.05) is 17.2 Å². The molecule has 0 aromatic heterocycles. The van der Waals surface area contributed by atoms with Gasteiger partial charge in [-0.3, -0.25) is 10.1 Å². The molecular formula is C21H28N3O2+. The molecule has 0 fully saturated rings. The third kappa shape index (κ3) is 5.70. The number of benzene rings is 2. The van der Waals surface area contributed by atoms with Crippen LogP contribution in [-0.2, 0) is 4.79 Å². The van der Waals surface area contributed by atoms with Gasteiger partial charge in [0.1, 0.15) is 6.04 Å². The lowest BCUT2D eigenvalue weighted by Crippen LogP contribution is -3.10. The van der Waals surface area contributed by atoms with E-state index in [-0.39, 0.29) is 24.5 Å². The molecule has 0 heterocycles. The van der Waals surface area contributed by atoms with Crippen molar-refractivity contribution in [2.45, 2.75) is 32.4 Å². The molecule has 3 amide bonds. The number of rotatable bonds is 7. The normalized spacial score (nSPS) is 13.1. The fourth-order valence-corrected chi connectivity index (χ4v) is 2.94. The SMILES string of the molecule is CC[C@@H](C)NC(=O)NC(=O)C[NH+](C)C(c1ccccc1)c1ccccc1. The minimum absolute atomic E-state index is 0.0146.